The van der Waals surface area contributed by atoms with Crippen LogP contribution in [0.25, 0.3) is 0 Å². The highest BCUT2D eigenvalue weighted by Gasteiger charge is 2.34. The summed E-state index contributed by atoms with van der Waals surface area (Å²) in [5.74, 6) is -1.03. The molecule has 1 aliphatic heterocycles. The predicted octanol–water partition coefficient (Wildman–Crippen LogP) is 0.525. The van der Waals surface area contributed by atoms with Gasteiger partial charge in [-0.25, -0.2) is 0 Å². The Morgan fingerprint density at radius 2 is 2.00 bits per heavy atom. The van der Waals surface area contributed by atoms with Gasteiger partial charge in [-0.15, -0.1) is 0 Å². The van der Waals surface area contributed by atoms with Crippen LogP contribution in [0.5, 0.6) is 0 Å². The van der Waals surface area contributed by atoms with Crippen molar-refractivity contribution < 1.29 is 14.4 Å². The zero-order valence-corrected chi connectivity index (χ0v) is 12.1. The second-order valence-electron chi connectivity index (χ2n) is 5.39. The molecule has 6 heteroatoms. The summed E-state index contributed by atoms with van der Waals surface area (Å²) in [7, 11) is 0. The fraction of sp³-hybridized carbons (Fsp3) is 0.400. The molecule has 0 spiro atoms. The topological polar surface area (TPSA) is 92.5 Å². The van der Waals surface area contributed by atoms with Crippen LogP contribution in [0, 0.1) is 0 Å². The minimum Gasteiger partial charge on any atom is -0.366 e. The van der Waals surface area contributed by atoms with Crippen molar-refractivity contribution in [3.8, 4) is 0 Å². The van der Waals surface area contributed by atoms with Crippen LogP contribution >= 0.6 is 0 Å². The Morgan fingerprint density at radius 3 is 2.57 bits per heavy atom. The quantitative estimate of drug-likeness (QED) is 0.846. The van der Waals surface area contributed by atoms with E-state index in [9.17, 15) is 14.4 Å². The molecule has 1 aromatic carbocycles. The molecule has 1 aromatic rings. The number of nitrogens with zero attached hydrogens (tertiary/aromatic N) is 1. The smallest absolute Gasteiger partial charge is 0.251 e. The summed E-state index contributed by atoms with van der Waals surface area (Å²) in [6.45, 7) is 4.53. The zero-order valence-electron chi connectivity index (χ0n) is 12.1. The van der Waals surface area contributed by atoms with Gasteiger partial charge < -0.3 is 16.0 Å². The van der Waals surface area contributed by atoms with Gasteiger partial charge in [0.25, 0.3) is 5.91 Å². The fourth-order valence-electron chi connectivity index (χ4n) is 2.40. The van der Waals surface area contributed by atoms with Gasteiger partial charge in [0.05, 0.1) is 0 Å². The lowest BCUT2D eigenvalue weighted by molar-refractivity contribution is -0.130. The van der Waals surface area contributed by atoms with Crippen LogP contribution in [0.1, 0.15) is 41.0 Å². The Balaban J connectivity index is 2.07. The summed E-state index contributed by atoms with van der Waals surface area (Å²) in [5.41, 5.74) is 5.78. The molecule has 0 aliphatic carbocycles. The SMILES string of the molecule is CC(C)N1CCC(NC(=O)c2cccc(C(N)=O)c2)C1=O. The summed E-state index contributed by atoms with van der Waals surface area (Å²) in [6, 6.07) is 5.76. The Hall–Kier alpha value is -2.37. The highest BCUT2D eigenvalue weighted by Crippen LogP contribution is 2.15. The lowest BCUT2D eigenvalue weighted by Gasteiger charge is -2.21. The summed E-state index contributed by atoms with van der Waals surface area (Å²) in [4.78, 5) is 37.2. The molecular formula is C15H19N3O3. The predicted molar refractivity (Wildman–Crippen MR) is 77.7 cm³/mol. The Morgan fingerprint density at radius 1 is 1.33 bits per heavy atom. The lowest BCUT2D eigenvalue weighted by Crippen LogP contribution is -2.43. The van der Waals surface area contributed by atoms with Gasteiger partial charge >= 0.3 is 0 Å². The number of rotatable bonds is 4. The Kier molecular flexibility index (Phi) is 4.26. The van der Waals surface area contributed by atoms with E-state index in [4.69, 9.17) is 5.73 Å². The molecule has 1 aliphatic rings. The molecule has 0 saturated carbocycles. The number of nitrogens with one attached hydrogen (secondary N) is 1. The van der Waals surface area contributed by atoms with Gasteiger partial charge in [0, 0.05) is 23.7 Å². The minimum atomic E-state index is -0.590. The zero-order chi connectivity index (χ0) is 15.6. The van der Waals surface area contributed by atoms with Crippen molar-refractivity contribution in [1.82, 2.24) is 10.2 Å². The Bertz CT molecular complexity index is 583. The van der Waals surface area contributed by atoms with E-state index in [-0.39, 0.29) is 23.4 Å². The molecule has 21 heavy (non-hydrogen) atoms. The molecule has 1 unspecified atom stereocenters. The third-order valence-electron chi connectivity index (χ3n) is 3.58. The van der Waals surface area contributed by atoms with E-state index in [1.807, 2.05) is 13.8 Å². The minimum absolute atomic E-state index is 0.0654. The number of hydrogen-bond donors (Lipinski definition) is 2. The molecule has 0 radical (unpaired) electrons. The number of hydrogen-bond acceptors (Lipinski definition) is 3. The van der Waals surface area contributed by atoms with E-state index in [0.29, 0.717) is 18.5 Å². The van der Waals surface area contributed by atoms with Crippen LogP contribution in [0.15, 0.2) is 24.3 Å². The van der Waals surface area contributed by atoms with Gasteiger partial charge in [0.2, 0.25) is 11.8 Å². The van der Waals surface area contributed by atoms with Crippen molar-refractivity contribution in [2.75, 3.05) is 6.54 Å². The molecule has 3 amide bonds. The molecule has 2 rings (SSSR count). The number of carbonyl (C=O) groups excluding carboxylic acids is 3. The molecule has 1 atom stereocenters. The van der Waals surface area contributed by atoms with Crippen LogP contribution in [0.3, 0.4) is 0 Å². The van der Waals surface area contributed by atoms with Crippen LogP contribution in [0.4, 0.5) is 0 Å². The molecule has 1 heterocycles. The van der Waals surface area contributed by atoms with Crippen molar-refractivity contribution in [3.63, 3.8) is 0 Å². The van der Waals surface area contributed by atoms with Gasteiger partial charge in [0.1, 0.15) is 6.04 Å². The maximum Gasteiger partial charge on any atom is 0.251 e. The number of carbonyl (C=O) groups is 3. The van der Waals surface area contributed by atoms with Gasteiger partial charge in [-0.2, -0.15) is 0 Å². The van der Waals surface area contributed by atoms with Gasteiger partial charge in [-0.3, -0.25) is 14.4 Å². The monoisotopic (exact) mass is 289 g/mol. The van der Waals surface area contributed by atoms with Gasteiger partial charge in [-0.1, -0.05) is 6.07 Å². The molecule has 3 N–H and O–H groups in total. The van der Waals surface area contributed by atoms with E-state index >= 15 is 0 Å². The van der Waals surface area contributed by atoms with Crippen LogP contribution < -0.4 is 11.1 Å². The normalized spacial score (nSPS) is 18.1. The average molecular weight is 289 g/mol. The van der Waals surface area contributed by atoms with E-state index in [1.54, 1.807) is 23.1 Å². The highest BCUT2D eigenvalue weighted by molar-refractivity contribution is 6.01. The summed E-state index contributed by atoms with van der Waals surface area (Å²) >= 11 is 0. The first kappa shape index (κ1) is 15.0. The second-order valence-corrected chi connectivity index (χ2v) is 5.39. The summed E-state index contributed by atoms with van der Waals surface area (Å²) < 4.78 is 0. The maximum atomic E-state index is 12.2. The van der Waals surface area contributed by atoms with Crippen molar-refractivity contribution in [2.45, 2.75) is 32.4 Å². The van der Waals surface area contributed by atoms with Crippen molar-refractivity contribution in [3.05, 3.63) is 35.4 Å². The largest absolute Gasteiger partial charge is 0.366 e. The standard InChI is InChI=1S/C15H19N3O3/c1-9(2)18-7-6-12(15(18)21)17-14(20)11-5-3-4-10(8-11)13(16)19/h3-5,8-9,12H,6-7H2,1-2H3,(H2,16,19)(H,17,20). The van der Waals surface area contributed by atoms with Crippen LogP contribution in [-0.4, -0.2) is 41.2 Å². The van der Waals surface area contributed by atoms with Crippen LogP contribution in [-0.2, 0) is 4.79 Å². The van der Waals surface area contributed by atoms with Crippen molar-refractivity contribution >= 4 is 17.7 Å². The number of amides is 3. The van der Waals surface area contributed by atoms with E-state index in [1.165, 1.54) is 6.07 Å². The second kappa shape index (κ2) is 5.95. The fourth-order valence-corrected chi connectivity index (χ4v) is 2.40. The van der Waals surface area contributed by atoms with Crippen molar-refractivity contribution in [1.29, 1.82) is 0 Å². The van der Waals surface area contributed by atoms with Crippen LogP contribution in [0.2, 0.25) is 0 Å². The number of nitrogens with two attached hydrogens (primary N) is 1. The third kappa shape index (κ3) is 3.21. The number of benzene rings is 1. The lowest BCUT2D eigenvalue weighted by atomic mass is 10.1. The van der Waals surface area contributed by atoms with Gasteiger partial charge in [-0.05, 0) is 38.5 Å². The first-order chi connectivity index (χ1) is 9.90. The van der Waals surface area contributed by atoms with Gasteiger partial charge in [0.15, 0.2) is 0 Å². The number of likely N-dealkylation sites (tertiary alicyclic amines) is 1. The van der Waals surface area contributed by atoms with Crippen molar-refractivity contribution in [2.24, 2.45) is 5.73 Å². The molecule has 6 nitrogen and oxygen atoms in total. The highest BCUT2D eigenvalue weighted by atomic mass is 16.2. The molecule has 1 saturated heterocycles. The molecule has 1 fully saturated rings. The average Bonchev–Trinajstić information content (AvgIpc) is 2.80. The Labute approximate surface area is 123 Å². The maximum absolute atomic E-state index is 12.2. The van der Waals surface area contributed by atoms with E-state index < -0.39 is 11.9 Å². The first-order valence-electron chi connectivity index (χ1n) is 6.91. The third-order valence-corrected chi connectivity index (χ3v) is 3.58. The first-order valence-corrected chi connectivity index (χ1v) is 6.91. The molecular weight excluding hydrogens is 270 g/mol. The number of primary amides is 1. The summed E-state index contributed by atoms with van der Waals surface area (Å²) in [6.07, 6.45) is 0.595. The van der Waals surface area contributed by atoms with E-state index in [0.717, 1.165) is 0 Å². The molecule has 0 bridgehead atoms. The molecule has 0 aromatic heterocycles. The van der Waals surface area contributed by atoms with E-state index in [2.05, 4.69) is 5.32 Å². The summed E-state index contributed by atoms with van der Waals surface area (Å²) in [5, 5.41) is 2.71. The molecule has 112 valence electrons.